The molecule has 1 aromatic carbocycles. The monoisotopic (exact) mass is 410 g/mol. The van der Waals surface area contributed by atoms with Crippen LogP contribution in [0.5, 0.6) is 0 Å². The summed E-state index contributed by atoms with van der Waals surface area (Å²) in [4.78, 5) is 17.4. The van der Waals surface area contributed by atoms with Crippen molar-refractivity contribution in [2.75, 3.05) is 39.8 Å². The van der Waals surface area contributed by atoms with Gasteiger partial charge in [0.05, 0.1) is 12.4 Å². The van der Waals surface area contributed by atoms with E-state index in [0.717, 1.165) is 75.1 Å². The van der Waals surface area contributed by atoms with Crippen LogP contribution in [0.3, 0.4) is 0 Å². The predicted molar refractivity (Wildman–Crippen MR) is 118 cm³/mol. The standard InChI is InChI=1S/C25H34N2O3/c1-26-12-14-27(15-13-26)18-20-9-5-6-10-21(24(20)29)22(25-23(28)11-16-30-25)17-19-7-3-2-4-8-19/h2-4,7-8,11,16,20,24-25,29H,5-6,9-10,12-15,17-18H2,1H3. The van der Waals surface area contributed by atoms with Crippen LogP contribution in [0.2, 0.25) is 0 Å². The Labute approximate surface area is 180 Å². The molecule has 1 aliphatic carbocycles. The van der Waals surface area contributed by atoms with Gasteiger partial charge < -0.3 is 19.6 Å². The van der Waals surface area contributed by atoms with Crippen LogP contribution in [0, 0.1) is 5.92 Å². The first kappa shape index (κ1) is 21.3. The smallest absolute Gasteiger partial charge is 0.203 e. The Balaban J connectivity index is 1.59. The van der Waals surface area contributed by atoms with Crippen molar-refractivity contribution >= 4 is 5.78 Å². The molecule has 5 nitrogen and oxygen atoms in total. The first-order valence-electron chi connectivity index (χ1n) is 11.3. The Morgan fingerprint density at radius 1 is 1.13 bits per heavy atom. The van der Waals surface area contributed by atoms with E-state index in [2.05, 4.69) is 29.0 Å². The number of carbonyl (C=O) groups excluding carboxylic acids is 1. The van der Waals surface area contributed by atoms with Gasteiger partial charge in [0.25, 0.3) is 0 Å². The fourth-order valence-electron chi connectivity index (χ4n) is 5.00. The van der Waals surface area contributed by atoms with Crippen molar-refractivity contribution in [3.8, 4) is 0 Å². The molecule has 0 aromatic heterocycles. The van der Waals surface area contributed by atoms with E-state index in [4.69, 9.17) is 4.74 Å². The molecule has 0 bridgehead atoms. The zero-order valence-corrected chi connectivity index (χ0v) is 18.0. The Hall–Kier alpha value is -1.95. The average molecular weight is 411 g/mol. The highest BCUT2D eigenvalue weighted by Crippen LogP contribution is 2.34. The third-order valence-corrected chi connectivity index (χ3v) is 6.83. The van der Waals surface area contributed by atoms with Crippen LogP contribution >= 0.6 is 0 Å². The van der Waals surface area contributed by atoms with Crippen molar-refractivity contribution in [2.24, 2.45) is 5.92 Å². The van der Waals surface area contributed by atoms with Crippen molar-refractivity contribution in [3.05, 3.63) is 59.4 Å². The number of benzene rings is 1. The Morgan fingerprint density at radius 2 is 1.90 bits per heavy atom. The summed E-state index contributed by atoms with van der Waals surface area (Å²) in [6, 6.07) is 10.2. The quantitative estimate of drug-likeness (QED) is 0.598. The number of hydrogen-bond donors (Lipinski definition) is 1. The molecule has 2 fully saturated rings. The van der Waals surface area contributed by atoms with Crippen LogP contribution in [-0.4, -0.2) is 72.7 Å². The lowest BCUT2D eigenvalue weighted by molar-refractivity contribution is -0.118. The van der Waals surface area contributed by atoms with E-state index in [1.54, 1.807) is 0 Å². The average Bonchev–Trinajstić information content (AvgIpc) is 3.10. The van der Waals surface area contributed by atoms with Crippen molar-refractivity contribution in [3.63, 3.8) is 0 Å². The van der Waals surface area contributed by atoms with Crippen molar-refractivity contribution in [1.82, 2.24) is 9.80 Å². The molecular formula is C25H34N2O3. The van der Waals surface area contributed by atoms with Crippen LogP contribution in [0.15, 0.2) is 53.8 Å². The van der Waals surface area contributed by atoms with Crippen LogP contribution in [0.1, 0.15) is 31.2 Å². The third-order valence-electron chi connectivity index (χ3n) is 6.83. The molecule has 1 aromatic rings. The van der Waals surface area contributed by atoms with Gasteiger partial charge in [-0.1, -0.05) is 36.8 Å². The van der Waals surface area contributed by atoms with Crippen LogP contribution in [-0.2, 0) is 16.0 Å². The fourth-order valence-corrected chi connectivity index (χ4v) is 5.00. The predicted octanol–water partition coefficient (Wildman–Crippen LogP) is 2.81. The fraction of sp³-hybridized carbons (Fsp3) is 0.560. The van der Waals surface area contributed by atoms with Gasteiger partial charge in [-0.05, 0) is 49.4 Å². The highest BCUT2D eigenvalue weighted by Gasteiger charge is 2.34. The molecule has 4 rings (SSSR count). The van der Waals surface area contributed by atoms with E-state index in [1.807, 2.05) is 18.2 Å². The number of rotatable bonds is 5. The lowest BCUT2D eigenvalue weighted by Crippen LogP contribution is -2.47. The van der Waals surface area contributed by atoms with Gasteiger partial charge in [-0.15, -0.1) is 0 Å². The summed E-state index contributed by atoms with van der Waals surface area (Å²) in [7, 11) is 2.17. The maximum atomic E-state index is 12.5. The number of aliphatic hydroxyl groups excluding tert-OH is 1. The SMILES string of the molecule is CN1CCN(CC2CCCCC(=C(Cc3ccccc3)C3OC=CC3=O)C2O)CC1. The summed E-state index contributed by atoms with van der Waals surface area (Å²) in [6.07, 6.45) is 6.62. The minimum absolute atomic E-state index is 0.0134. The lowest BCUT2D eigenvalue weighted by atomic mass is 9.85. The second kappa shape index (κ2) is 9.90. The highest BCUT2D eigenvalue weighted by atomic mass is 16.5. The number of ether oxygens (including phenoxy) is 1. The Morgan fingerprint density at radius 3 is 2.60 bits per heavy atom. The van der Waals surface area contributed by atoms with E-state index in [0.29, 0.717) is 6.42 Å². The van der Waals surface area contributed by atoms with E-state index >= 15 is 0 Å². The Bertz CT molecular complexity index is 781. The van der Waals surface area contributed by atoms with E-state index in [1.165, 1.54) is 12.3 Å². The number of hydrogen-bond acceptors (Lipinski definition) is 5. The number of carbonyl (C=O) groups is 1. The summed E-state index contributed by atoms with van der Waals surface area (Å²) in [6.45, 7) is 5.21. The highest BCUT2D eigenvalue weighted by molar-refractivity contribution is 5.97. The Kier molecular flexibility index (Phi) is 7.03. The second-order valence-corrected chi connectivity index (χ2v) is 8.99. The van der Waals surface area contributed by atoms with Crippen LogP contribution < -0.4 is 0 Å². The lowest BCUT2D eigenvalue weighted by Gasteiger charge is -2.36. The third kappa shape index (κ3) is 5.02. The van der Waals surface area contributed by atoms with Crippen LogP contribution in [0.4, 0.5) is 0 Å². The number of nitrogens with zero attached hydrogens (tertiary/aromatic N) is 2. The molecule has 2 heterocycles. The van der Waals surface area contributed by atoms with E-state index in [9.17, 15) is 9.90 Å². The molecule has 3 unspecified atom stereocenters. The zero-order valence-electron chi connectivity index (χ0n) is 18.0. The molecule has 0 amide bonds. The van der Waals surface area contributed by atoms with Crippen molar-refractivity contribution < 1.29 is 14.6 Å². The zero-order chi connectivity index (χ0) is 20.9. The summed E-state index contributed by atoms with van der Waals surface area (Å²) < 4.78 is 5.72. The number of aliphatic hydroxyl groups is 1. The van der Waals surface area contributed by atoms with Gasteiger partial charge in [-0.25, -0.2) is 0 Å². The molecule has 3 aliphatic rings. The molecule has 3 atom stereocenters. The molecule has 0 spiro atoms. The summed E-state index contributed by atoms with van der Waals surface area (Å²) >= 11 is 0. The first-order chi connectivity index (χ1) is 14.6. The molecular weight excluding hydrogens is 376 g/mol. The topological polar surface area (TPSA) is 53.0 Å². The molecule has 0 radical (unpaired) electrons. The largest absolute Gasteiger partial charge is 0.485 e. The molecule has 1 N–H and O–H groups in total. The van der Waals surface area contributed by atoms with Gasteiger partial charge in [0.1, 0.15) is 0 Å². The normalized spacial score (nSPS) is 30.2. The van der Waals surface area contributed by atoms with Gasteiger partial charge in [0.15, 0.2) is 6.10 Å². The van der Waals surface area contributed by atoms with Gasteiger partial charge in [-0.3, -0.25) is 4.79 Å². The molecule has 1 saturated heterocycles. The van der Waals surface area contributed by atoms with E-state index < -0.39 is 12.2 Å². The second-order valence-electron chi connectivity index (χ2n) is 8.99. The molecule has 162 valence electrons. The molecule has 5 heteroatoms. The number of likely N-dealkylation sites (N-methyl/N-ethyl adjacent to an activating group) is 1. The van der Waals surface area contributed by atoms with Gasteiger partial charge in [0.2, 0.25) is 5.78 Å². The maximum Gasteiger partial charge on any atom is 0.203 e. The van der Waals surface area contributed by atoms with Gasteiger partial charge in [0, 0.05) is 44.7 Å². The number of ketones is 1. The summed E-state index contributed by atoms with van der Waals surface area (Å²) in [5.41, 5.74) is 3.15. The summed E-state index contributed by atoms with van der Waals surface area (Å²) in [5.74, 6) is 0.196. The number of piperazine rings is 1. The van der Waals surface area contributed by atoms with Gasteiger partial charge in [-0.2, -0.15) is 0 Å². The van der Waals surface area contributed by atoms with Crippen molar-refractivity contribution in [1.29, 1.82) is 0 Å². The minimum Gasteiger partial charge on any atom is -0.485 e. The molecule has 1 saturated carbocycles. The van der Waals surface area contributed by atoms with Gasteiger partial charge >= 0.3 is 0 Å². The molecule has 2 aliphatic heterocycles. The van der Waals surface area contributed by atoms with E-state index in [-0.39, 0.29) is 11.7 Å². The van der Waals surface area contributed by atoms with Crippen molar-refractivity contribution in [2.45, 2.75) is 44.3 Å². The molecule has 30 heavy (non-hydrogen) atoms. The maximum absolute atomic E-state index is 12.5. The summed E-state index contributed by atoms with van der Waals surface area (Å²) in [5, 5.41) is 11.5. The minimum atomic E-state index is -0.586. The first-order valence-corrected chi connectivity index (χ1v) is 11.3. The van der Waals surface area contributed by atoms with Crippen LogP contribution in [0.25, 0.3) is 0 Å².